The van der Waals surface area contributed by atoms with Crippen LogP contribution in [0.1, 0.15) is 16.2 Å². The largest absolute Gasteiger partial charge is 0.451 e. The van der Waals surface area contributed by atoms with E-state index in [1.807, 2.05) is 30.3 Å². The Hall–Kier alpha value is -2.90. The van der Waals surface area contributed by atoms with E-state index in [2.05, 4.69) is 9.97 Å². The minimum absolute atomic E-state index is 0.0523. The van der Waals surface area contributed by atoms with E-state index in [0.717, 1.165) is 15.5 Å². The molecule has 1 aliphatic rings. The van der Waals surface area contributed by atoms with Gasteiger partial charge in [0.25, 0.3) is 5.91 Å². The van der Waals surface area contributed by atoms with Crippen molar-refractivity contribution in [3.8, 4) is 0 Å². The lowest BCUT2D eigenvalue weighted by Crippen LogP contribution is -2.32. The summed E-state index contributed by atoms with van der Waals surface area (Å²) in [6, 6.07) is 12.9. The van der Waals surface area contributed by atoms with Gasteiger partial charge >= 0.3 is 5.97 Å². The Bertz CT molecular complexity index is 1070. The van der Waals surface area contributed by atoms with Crippen LogP contribution in [0.4, 0.5) is 11.4 Å². The molecule has 0 atom stereocenters. The van der Waals surface area contributed by atoms with Crippen LogP contribution in [0.5, 0.6) is 0 Å². The average molecular weight is 412 g/mol. The average Bonchev–Trinajstić information content (AvgIpc) is 2.70. The molecule has 6 nitrogen and oxygen atoms in total. The Balaban J connectivity index is 1.59. The smallest absolute Gasteiger partial charge is 0.359 e. The van der Waals surface area contributed by atoms with Gasteiger partial charge < -0.3 is 4.74 Å². The fourth-order valence-corrected chi connectivity index (χ4v) is 3.97. The first-order valence-electron chi connectivity index (χ1n) is 8.38. The minimum Gasteiger partial charge on any atom is -0.451 e. The van der Waals surface area contributed by atoms with Crippen molar-refractivity contribution < 1.29 is 14.3 Å². The molecule has 0 saturated heterocycles. The van der Waals surface area contributed by atoms with Crippen LogP contribution >= 0.6 is 23.4 Å². The van der Waals surface area contributed by atoms with Crippen molar-refractivity contribution >= 4 is 46.6 Å². The van der Waals surface area contributed by atoms with E-state index >= 15 is 0 Å². The molecule has 0 bridgehead atoms. The zero-order valence-corrected chi connectivity index (χ0v) is 16.3. The second-order valence-corrected chi connectivity index (χ2v) is 7.55. The van der Waals surface area contributed by atoms with E-state index in [1.54, 1.807) is 30.8 Å². The molecule has 0 aliphatic carbocycles. The molecule has 1 aliphatic heterocycles. The SMILES string of the molecule is Cc1cnc(C(=O)OCC(=O)N2c3ccccc3Sc3ccc(Cl)cc32)cn1. The molecule has 3 aromatic rings. The number of carbonyl (C=O) groups excluding carboxylic acids is 2. The van der Waals surface area contributed by atoms with Gasteiger partial charge in [0.1, 0.15) is 0 Å². The number of hydrogen-bond acceptors (Lipinski definition) is 6. The number of nitrogens with zero attached hydrogens (tertiary/aromatic N) is 3. The monoisotopic (exact) mass is 411 g/mol. The first-order valence-corrected chi connectivity index (χ1v) is 9.57. The quantitative estimate of drug-likeness (QED) is 0.594. The van der Waals surface area contributed by atoms with Crippen LogP contribution in [0, 0.1) is 6.92 Å². The maximum atomic E-state index is 13.0. The van der Waals surface area contributed by atoms with Crippen LogP contribution in [0.15, 0.2) is 64.6 Å². The van der Waals surface area contributed by atoms with Crippen molar-refractivity contribution in [3.05, 3.63) is 71.3 Å². The van der Waals surface area contributed by atoms with E-state index in [-0.39, 0.29) is 11.6 Å². The van der Waals surface area contributed by atoms with Crippen LogP contribution in [0.3, 0.4) is 0 Å². The third-order valence-corrected chi connectivity index (χ3v) is 5.42. The highest BCUT2D eigenvalue weighted by Crippen LogP contribution is 2.48. The van der Waals surface area contributed by atoms with E-state index in [1.165, 1.54) is 17.3 Å². The fourth-order valence-electron chi connectivity index (χ4n) is 2.76. The summed E-state index contributed by atoms with van der Waals surface area (Å²) in [5.41, 5.74) is 2.12. The van der Waals surface area contributed by atoms with Gasteiger partial charge in [0.2, 0.25) is 0 Å². The highest BCUT2D eigenvalue weighted by Gasteiger charge is 2.29. The van der Waals surface area contributed by atoms with Crippen LogP contribution in [0.2, 0.25) is 5.02 Å². The number of benzene rings is 2. The van der Waals surface area contributed by atoms with E-state index in [9.17, 15) is 9.59 Å². The molecule has 0 unspecified atom stereocenters. The van der Waals surface area contributed by atoms with Crippen LogP contribution in [0.25, 0.3) is 0 Å². The van der Waals surface area contributed by atoms with Gasteiger partial charge in [-0.3, -0.25) is 14.7 Å². The molecule has 8 heteroatoms. The highest BCUT2D eigenvalue weighted by atomic mass is 35.5. The van der Waals surface area contributed by atoms with Crippen molar-refractivity contribution in [1.82, 2.24) is 9.97 Å². The molecule has 0 spiro atoms. The fraction of sp³-hybridized carbons (Fsp3) is 0.100. The zero-order chi connectivity index (χ0) is 19.7. The number of carbonyl (C=O) groups is 2. The van der Waals surface area contributed by atoms with Gasteiger partial charge in [0.15, 0.2) is 12.3 Å². The van der Waals surface area contributed by atoms with E-state index in [4.69, 9.17) is 16.3 Å². The standard InChI is InChI=1S/C20H14ClN3O3S/c1-12-9-23-14(10-22-12)20(26)27-11-19(25)24-15-4-2-3-5-17(15)28-18-7-6-13(21)8-16(18)24/h2-10H,11H2,1H3. The summed E-state index contributed by atoms with van der Waals surface area (Å²) in [4.78, 5) is 36.5. The molecule has 2 heterocycles. The number of ether oxygens (including phenoxy) is 1. The molecule has 4 rings (SSSR count). The summed E-state index contributed by atoms with van der Waals surface area (Å²) in [5.74, 6) is -1.09. The predicted molar refractivity (Wildman–Crippen MR) is 106 cm³/mol. The Morgan fingerprint density at radius 2 is 1.86 bits per heavy atom. The zero-order valence-electron chi connectivity index (χ0n) is 14.8. The van der Waals surface area contributed by atoms with Gasteiger partial charge in [-0.1, -0.05) is 35.5 Å². The Morgan fingerprint density at radius 3 is 2.64 bits per heavy atom. The summed E-state index contributed by atoms with van der Waals surface area (Å²) in [6.07, 6.45) is 2.79. The lowest BCUT2D eigenvalue weighted by Gasteiger charge is -2.31. The van der Waals surface area contributed by atoms with Gasteiger partial charge in [-0.25, -0.2) is 9.78 Å². The van der Waals surface area contributed by atoms with Gasteiger partial charge in [-0.2, -0.15) is 0 Å². The number of hydrogen-bond donors (Lipinski definition) is 0. The Kier molecular flexibility index (Phi) is 5.02. The van der Waals surface area contributed by atoms with Gasteiger partial charge in [0.05, 0.1) is 23.3 Å². The number of aromatic nitrogens is 2. The van der Waals surface area contributed by atoms with Crippen molar-refractivity contribution in [2.45, 2.75) is 16.7 Å². The van der Waals surface area contributed by atoms with Crippen molar-refractivity contribution in [2.24, 2.45) is 0 Å². The van der Waals surface area contributed by atoms with Gasteiger partial charge in [-0.05, 0) is 37.3 Å². The molecule has 140 valence electrons. The number of fused-ring (bicyclic) bond motifs is 2. The number of amides is 1. The second-order valence-electron chi connectivity index (χ2n) is 6.03. The molecule has 0 N–H and O–H groups in total. The summed E-state index contributed by atoms with van der Waals surface area (Å²) >= 11 is 7.70. The predicted octanol–water partition coefficient (Wildman–Crippen LogP) is 4.42. The molecule has 0 saturated carbocycles. The summed E-state index contributed by atoms with van der Waals surface area (Å²) in [5, 5.41) is 0.517. The normalized spacial score (nSPS) is 12.1. The first-order chi connectivity index (χ1) is 13.5. The lowest BCUT2D eigenvalue weighted by atomic mass is 10.2. The van der Waals surface area contributed by atoms with Crippen LogP contribution in [-0.2, 0) is 9.53 Å². The van der Waals surface area contributed by atoms with Gasteiger partial charge in [-0.15, -0.1) is 0 Å². The molecular weight excluding hydrogens is 398 g/mol. The number of anilines is 2. The number of esters is 1. The van der Waals surface area contributed by atoms with Crippen LogP contribution < -0.4 is 4.90 Å². The maximum Gasteiger partial charge on any atom is 0.359 e. The second kappa shape index (κ2) is 7.61. The Labute approximate surface area is 170 Å². The van der Waals surface area contributed by atoms with E-state index < -0.39 is 12.6 Å². The molecule has 0 fully saturated rings. The number of para-hydroxylation sites is 1. The summed E-state index contributed by atoms with van der Waals surface area (Å²) in [6.45, 7) is 1.33. The maximum absolute atomic E-state index is 13.0. The molecule has 2 aromatic carbocycles. The summed E-state index contributed by atoms with van der Waals surface area (Å²) in [7, 11) is 0. The first kappa shape index (κ1) is 18.5. The third-order valence-electron chi connectivity index (χ3n) is 4.05. The molecule has 1 amide bonds. The molecule has 1 aromatic heterocycles. The van der Waals surface area contributed by atoms with Crippen molar-refractivity contribution in [2.75, 3.05) is 11.5 Å². The summed E-state index contributed by atoms with van der Waals surface area (Å²) < 4.78 is 5.17. The molecule has 28 heavy (non-hydrogen) atoms. The number of aryl methyl sites for hydroxylation is 1. The highest BCUT2D eigenvalue weighted by molar-refractivity contribution is 7.99. The van der Waals surface area contributed by atoms with Gasteiger partial charge in [0, 0.05) is 21.0 Å². The number of rotatable bonds is 3. The minimum atomic E-state index is -0.702. The lowest BCUT2D eigenvalue weighted by molar-refractivity contribution is -0.121. The van der Waals surface area contributed by atoms with Crippen molar-refractivity contribution in [1.29, 1.82) is 0 Å². The third kappa shape index (κ3) is 3.58. The van der Waals surface area contributed by atoms with Crippen LogP contribution in [-0.4, -0.2) is 28.5 Å². The molecular formula is C20H14ClN3O3S. The van der Waals surface area contributed by atoms with E-state index in [0.29, 0.717) is 16.4 Å². The molecule has 0 radical (unpaired) electrons. The topological polar surface area (TPSA) is 72.4 Å². The number of halogens is 1. The van der Waals surface area contributed by atoms with Crippen molar-refractivity contribution in [3.63, 3.8) is 0 Å². The Morgan fingerprint density at radius 1 is 1.07 bits per heavy atom.